The molecule has 1 fully saturated rings. The third-order valence-corrected chi connectivity index (χ3v) is 7.16. The van der Waals surface area contributed by atoms with Crippen molar-refractivity contribution in [2.45, 2.75) is 30.6 Å². The molecule has 9 nitrogen and oxygen atoms in total. The van der Waals surface area contributed by atoms with Crippen LogP contribution in [0.15, 0.2) is 88.6 Å². The van der Waals surface area contributed by atoms with E-state index in [-0.39, 0.29) is 6.61 Å². The zero-order chi connectivity index (χ0) is 25.7. The lowest BCUT2D eigenvalue weighted by Gasteiger charge is -2.33. The number of nitrogens with zero attached hydrogens (tertiary/aromatic N) is 1. The first kappa shape index (κ1) is 23.4. The fourth-order valence-electron chi connectivity index (χ4n) is 5.53. The number of aromatic amines is 1. The van der Waals surface area contributed by atoms with E-state index in [0.717, 1.165) is 32.4 Å². The molecule has 0 saturated carbocycles. The Bertz CT molecular complexity index is 1600. The summed E-state index contributed by atoms with van der Waals surface area (Å²) in [5.41, 5.74) is 9.01. The Hall–Kier alpha value is -4.02. The number of nitrogens with two attached hydrogens (primary N) is 1. The van der Waals surface area contributed by atoms with Crippen LogP contribution >= 0.6 is 0 Å². The molecule has 3 heterocycles. The molecule has 1 spiro atoms. The van der Waals surface area contributed by atoms with Gasteiger partial charge in [-0.3, -0.25) is 14.3 Å². The largest absolute Gasteiger partial charge is 0.399 e. The zero-order valence-corrected chi connectivity index (χ0v) is 19.7. The number of rotatable bonds is 4. The Morgan fingerprint density at radius 1 is 1.00 bits per heavy atom. The van der Waals surface area contributed by atoms with Gasteiger partial charge in [0.2, 0.25) is 0 Å². The van der Waals surface area contributed by atoms with E-state index in [4.69, 9.17) is 15.2 Å². The predicted molar refractivity (Wildman–Crippen MR) is 137 cm³/mol. The number of ether oxygens (including phenoxy) is 2. The van der Waals surface area contributed by atoms with Gasteiger partial charge in [-0.05, 0) is 52.1 Å². The minimum Gasteiger partial charge on any atom is -0.399 e. The Morgan fingerprint density at radius 2 is 1.78 bits per heavy atom. The van der Waals surface area contributed by atoms with Gasteiger partial charge in [-0.25, -0.2) is 4.79 Å². The smallest absolute Gasteiger partial charge is 0.330 e. The number of hydrogen-bond acceptors (Lipinski definition) is 7. The first-order valence-corrected chi connectivity index (χ1v) is 11.9. The van der Waals surface area contributed by atoms with Gasteiger partial charge in [-0.2, -0.15) is 0 Å². The number of fused-ring (bicyclic) bond motifs is 2. The van der Waals surface area contributed by atoms with Gasteiger partial charge in [-0.15, -0.1) is 0 Å². The second kappa shape index (κ2) is 8.82. The van der Waals surface area contributed by atoms with Crippen molar-refractivity contribution in [3.63, 3.8) is 0 Å². The van der Waals surface area contributed by atoms with Crippen LogP contribution in [0.1, 0.15) is 17.4 Å². The molecule has 1 saturated heterocycles. The van der Waals surface area contributed by atoms with E-state index in [1.54, 1.807) is 0 Å². The molecule has 0 unspecified atom stereocenters. The zero-order valence-electron chi connectivity index (χ0n) is 19.7. The fourth-order valence-corrected chi connectivity index (χ4v) is 5.53. The predicted octanol–water partition coefficient (Wildman–Crippen LogP) is 2.13. The van der Waals surface area contributed by atoms with E-state index in [1.165, 1.54) is 12.3 Å². The van der Waals surface area contributed by atoms with Gasteiger partial charge in [0.1, 0.15) is 12.2 Å². The standard InChI is InChI=1S/C28H25N3O6/c29-20-8-4-7-17(12-20)18-11-19-15-36-28(24(19)21(13-18)16-5-2-1-3-6-16)22(14-32)37-26(25(28)34)31-10-9-23(33)30-27(31)35/h1-13,22,25-26,32,34H,14-15,29H2,(H,30,33,35)/t22-,25+,26-,28+/m1/s1. The SMILES string of the molecule is Nc1cccc(-c2cc3c(c(-c4ccccc4)c2)[C@@]2(OC3)[C@@H](CO)O[C@@H](n3ccc(=O)[nH]c3=O)[C@@H]2O)c1. The third kappa shape index (κ3) is 3.63. The normalized spacial score (nSPS) is 24.4. The Balaban J connectivity index is 1.57. The van der Waals surface area contributed by atoms with Gasteiger partial charge in [0.05, 0.1) is 13.2 Å². The van der Waals surface area contributed by atoms with Crippen molar-refractivity contribution in [1.29, 1.82) is 0 Å². The monoisotopic (exact) mass is 499 g/mol. The highest BCUT2D eigenvalue weighted by atomic mass is 16.6. The van der Waals surface area contributed by atoms with Crippen LogP contribution in [0.25, 0.3) is 22.3 Å². The van der Waals surface area contributed by atoms with E-state index >= 15 is 0 Å². The van der Waals surface area contributed by atoms with Gasteiger partial charge >= 0.3 is 5.69 Å². The van der Waals surface area contributed by atoms with Crippen LogP contribution in [0, 0.1) is 0 Å². The average Bonchev–Trinajstić information content (AvgIpc) is 3.43. The number of aliphatic hydroxyl groups is 2. The van der Waals surface area contributed by atoms with Gasteiger partial charge in [0.15, 0.2) is 11.8 Å². The third-order valence-electron chi connectivity index (χ3n) is 7.16. The summed E-state index contributed by atoms with van der Waals surface area (Å²) in [4.78, 5) is 26.3. The van der Waals surface area contributed by atoms with Crippen LogP contribution in [0.5, 0.6) is 0 Å². The van der Waals surface area contributed by atoms with Crippen molar-refractivity contribution < 1.29 is 19.7 Å². The van der Waals surface area contributed by atoms with Crippen molar-refractivity contribution in [2.24, 2.45) is 0 Å². The number of nitrogens with one attached hydrogen (secondary N) is 1. The molecule has 9 heteroatoms. The maximum atomic E-state index is 12.5. The van der Waals surface area contributed by atoms with Crippen molar-refractivity contribution in [2.75, 3.05) is 12.3 Å². The van der Waals surface area contributed by atoms with Crippen LogP contribution in [-0.4, -0.2) is 38.6 Å². The van der Waals surface area contributed by atoms with Gasteiger partial charge < -0.3 is 25.4 Å². The molecule has 5 N–H and O–H groups in total. The van der Waals surface area contributed by atoms with Gasteiger partial charge in [0.25, 0.3) is 5.56 Å². The van der Waals surface area contributed by atoms with E-state index in [2.05, 4.69) is 4.98 Å². The van der Waals surface area contributed by atoms with Crippen molar-refractivity contribution in [3.8, 4) is 22.3 Å². The summed E-state index contributed by atoms with van der Waals surface area (Å²) in [6.07, 6.45) is -2.27. The van der Waals surface area contributed by atoms with E-state index < -0.39 is 41.9 Å². The van der Waals surface area contributed by atoms with E-state index in [0.29, 0.717) is 11.3 Å². The minimum absolute atomic E-state index is 0.162. The first-order chi connectivity index (χ1) is 17.9. The number of aromatic nitrogens is 2. The van der Waals surface area contributed by atoms with Crippen LogP contribution < -0.4 is 17.0 Å². The Morgan fingerprint density at radius 3 is 2.51 bits per heavy atom. The summed E-state index contributed by atoms with van der Waals surface area (Å²) < 4.78 is 13.5. The lowest BCUT2D eigenvalue weighted by Crippen LogP contribution is -2.47. The number of hydrogen-bond donors (Lipinski definition) is 4. The number of anilines is 1. The lowest BCUT2D eigenvalue weighted by molar-refractivity contribution is -0.134. The molecule has 37 heavy (non-hydrogen) atoms. The molecular weight excluding hydrogens is 474 g/mol. The summed E-state index contributed by atoms with van der Waals surface area (Å²) in [5, 5.41) is 22.1. The van der Waals surface area contributed by atoms with E-state index in [9.17, 15) is 19.8 Å². The molecule has 1 aromatic heterocycles. The molecule has 0 radical (unpaired) electrons. The first-order valence-electron chi connectivity index (χ1n) is 11.9. The van der Waals surface area contributed by atoms with Crippen molar-refractivity contribution >= 4 is 5.69 Å². The van der Waals surface area contributed by atoms with Gasteiger partial charge in [0, 0.05) is 23.5 Å². The highest BCUT2D eigenvalue weighted by Crippen LogP contribution is 2.54. The van der Waals surface area contributed by atoms with Crippen LogP contribution in [0.3, 0.4) is 0 Å². The van der Waals surface area contributed by atoms with Crippen molar-refractivity contribution in [1.82, 2.24) is 9.55 Å². The molecule has 188 valence electrons. The highest BCUT2D eigenvalue weighted by Gasteiger charge is 2.62. The summed E-state index contributed by atoms with van der Waals surface area (Å²) in [5.74, 6) is 0. The average molecular weight is 500 g/mol. The maximum absolute atomic E-state index is 12.5. The summed E-state index contributed by atoms with van der Waals surface area (Å²) in [6, 6.07) is 22.4. The lowest BCUT2D eigenvalue weighted by atomic mass is 9.78. The Labute approximate surface area is 211 Å². The summed E-state index contributed by atoms with van der Waals surface area (Å²) in [7, 11) is 0. The van der Waals surface area contributed by atoms with Crippen LogP contribution in [0.2, 0.25) is 0 Å². The minimum atomic E-state index is -1.45. The quantitative estimate of drug-likeness (QED) is 0.315. The molecule has 0 bridgehead atoms. The number of aliphatic hydroxyl groups excluding tert-OH is 2. The van der Waals surface area contributed by atoms with Crippen LogP contribution in [-0.2, 0) is 21.7 Å². The molecule has 2 aliphatic rings. The molecule has 4 atom stereocenters. The second-order valence-electron chi connectivity index (χ2n) is 9.29. The number of nitrogen functional groups attached to an aromatic ring is 1. The summed E-state index contributed by atoms with van der Waals surface area (Å²) in [6.45, 7) is -0.300. The molecule has 0 aliphatic carbocycles. The molecule has 6 rings (SSSR count). The molecule has 3 aromatic carbocycles. The fraction of sp³-hybridized carbons (Fsp3) is 0.214. The topological polar surface area (TPSA) is 140 Å². The molecular formula is C28H25N3O6. The molecule has 0 amide bonds. The number of benzene rings is 3. The van der Waals surface area contributed by atoms with Crippen molar-refractivity contribution in [3.05, 3.63) is 111 Å². The highest BCUT2D eigenvalue weighted by molar-refractivity contribution is 5.80. The van der Waals surface area contributed by atoms with Crippen LogP contribution in [0.4, 0.5) is 5.69 Å². The number of H-pyrrole nitrogens is 1. The molecule has 2 aliphatic heterocycles. The maximum Gasteiger partial charge on any atom is 0.330 e. The van der Waals surface area contributed by atoms with Gasteiger partial charge in [-0.1, -0.05) is 42.5 Å². The Kier molecular flexibility index (Phi) is 5.58. The summed E-state index contributed by atoms with van der Waals surface area (Å²) >= 11 is 0. The second-order valence-corrected chi connectivity index (χ2v) is 9.29. The van der Waals surface area contributed by atoms with E-state index in [1.807, 2.05) is 66.7 Å². The molecule has 4 aromatic rings.